The highest BCUT2D eigenvalue weighted by atomic mass is 15.2. The summed E-state index contributed by atoms with van der Waals surface area (Å²) in [5.41, 5.74) is 5.89. The molecule has 2 N–H and O–H groups in total. The van der Waals surface area contributed by atoms with Crippen LogP contribution in [0.4, 0.5) is 0 Å². The molecule has 15 heavy (non-hydrogen) atoms. The van der Waals surface area contributed by atoms with Crippen molar-refractivity contribution in [3.8, 4) is 0 Å². The molecule has 1 aliphatic heterocycles. The lowest BCUT2D eigenvalue weighted by Crippen LogP contribution is -2.49. The van der Waals surface area contributed by atoms with Gasteiger partial charge in [0.1, 0.15) is 0 Å². The fourth-order valence-electron chi connectivity index (χ4n) is 2.70. The SMILES string of the molecule is CC(C)C(CN)N1CCCC1CN(C)C. The molecule has 0 aromatic carbocycles. The summed E-state index contributed by atoms with van der Waals surface area (Å²) in [6.07, 6.45) is 2.67. The van der Waals surface area contributed by atoms with E-state index in [0.29, 0.717) is 12.0 Å². The highest BCUT2D eigenvalue weighted by molar-refractivity contribution is 4.87. The fraction of sp³-hybridized carbons (Fsp3) is 1.00. The minimum atomic E-state index is 0.567. The van der Waals surface area contributed by atoms with Crippen LogP contribution in [0.2, 0.25) is 0 Å². The van der Waals surface area contributed by atoms with Gasteiger partial charge in [0.15, 0.2) is 0 Å². The molecule has 2 unspecified atom stereocenters. The van der Waals surface area contributed by atoms with E-state index in [1.807, 2.05) is 0 Å². The molecule has 0 spiro atoms. The van der Waals surface area contributed by atoms with Crippen molar-refractivity contribution in [2.45, 2.75) is 38.8 Å². The van der Waals surface area contributed by atoms with Gasteiger partial charge in [0.05, 0.1) is 0 Å². The van der Waals surface area contributed by atoms with Crippen molar-refractivity contribution in [1.29, 1.82) is 0 Å². The predicted molar refractivity (Wildman–Crippen MR) is 66.0 cm³/mol. The first-order valence-corrected chi connectivity index (χ1v) is 6.16. The monoisotopic (exact) mass is 213 g/mol. The summed E-state index contributed by atoms with van der Waals surface area (Å²) in [4.78, 5) is 4.92. The molecular weight excluding hydrogens is 186 g/mol. The minimum Gasteiger partial charge on any atom is -0.329 e. The van der Waals surface area contributed by atoms with E-state index >= 15 is 0 Å². The number of hydrogen-bond acceptors (Lipinski definition) is 3. The van der Waals surface area contributed by atoms with Crippen molar-refractivity contribution in [1.82, 2.24) is 9.80 Å². The molecule has 3 heteroatoms. The molecule has 0 amide bonds. The van der Waals surface area contributed by atoms with E-state index in [0.717, 1.165) is 12.6 Å². The maximum absolute atomic E-state index is 5.89. The average Bonchev–Trinajstić information content (AvgIpc) is 2.53. The summed E-state index contributed by atoms with van der Waals surface area (Å²) in [6.45, 7) is 7.76. The Morgan fingerprint density at radius 1 is 1.40 bits per heavy atom. The van der Waals surface area contributed by atoms with Gasteiger partial charge in [0, 0.05) is 25.2 Å². The average molecular weight is 213 g/mol. The van der Waals surface area contributed by atoms with Crippen LogP contribution in [0.15, 0.2) is 0 Å². The van der Waals surface area contributed by atoms with Crippen molar-refractivity contribution in [3.05, 3.63) is 0 Å². The van der Waals surface area contributed by atoms with Crippen molar-refractivity contribution in [3.63, 3.8) is 0 Å². The quantitative estimate of drug-likeness (QED) is 0.739. The van der Waals surface area contributed by atoms with Crippen LogP contribution in [0.25, 0.3) is 0 Å². The Kier molecular flexibility index (Phi) is 5.03. The van der Waals surface area contributed by atoms with Gasteiger partial charge in [0.2, 0.25) is 0 Å². The lowest BCUT2D eigenvalue weighted by molar-refractivity contribution is 0.125. The summed E-state index contributed by atoms with van der Waals surface area (Å²) >= 11 is 0. The third kappa shape index (κ3) is 3.44. The highest BCUT2D eigenvalue weighted by Gasteiger charge is 2.31. The molecule has 3 nitrogen and oxygen atoms in total. The lowest BCUT2D eigenvalue weighted by Gasteiger charge is -2.36. The third-order valence-corrected chi connectivity index (χ3v) is 3.44. The number of rotatable bonds is 5. The van der Waals surface area contributed by atoms with Gasteiger partial charge in [-0.25, -0.2) is 0 Å². The van der Waals surface area contributed by atoms with Gasteiger partial charge in [-0.1, -0.05) is 13.8 Å². The first kappa shape index (κ1) is 12.9. The van der Waals surface area contributed by atoms with Gasteiger partial charge in [-0.3, -0.25) is 4.90 Å². The number of likely N-dealkylation sites (tertiary alicyclic amines) is 1. The number of hydrogen-bond donors (Lipinski definition) is 1. The van der Waals surface area contributed by atoms with E-state index in [1.165, 1.54) is 25.9 Å². The lowest BCUT2D eigenvalue weighted by atomic mass is 10.0. The van der Waals surface area contributed by atoms with E-state index in [-0.39, 0.29) is 0 Å². The summed E-state index contributed by atoms with van der Waals surface area (Å²) < 4.78 is 0. The molecule has 0 aromatic rings. The highest BCUT2D eigenvalue weighted by Crippen LogP contribution is 2.23. The van der Waals surface area contributed by atoms with Crippen molar-refractivity contribution in [2.75, 3.05) is 33.7 Å². The second kappa shape index (κ2) is 5.83. The molecule has 1 saturated heterocycles. The second-order valence-electron chi connectivity index (χ2n) is 5.34. The van der Waals surface area contributed by atoms with Crippen LogP contribution in [-0.4, -0.2) is 55.6 Å². The summed E-state index contributed by atoms with van der Waals surface area (Å²) in [6, 6.07) is 1.29. The number of nitrogens with zero attached hydrogens (tertiary/aromatic N) is 2. The van der Waals surface area contributed by atoms with Gasteiger partial charge in [-0.15, -0.1) is 0 Å². The molecule has 0 aliphatic carbocycles. The van der Waals surface area contributed by atoms with E-state index in [9.17, 15) is 0 Å². The minimum absolute atomic E-state index is 0.567. The van der Waals surface area contributed by atoms with Gasteiger partial charge in [-0.2, -0.15) is 0 Å². The van der Waals surface area contributed by atoms with Crippen LogP contribution in [-0.2, 0) is 0 Å². The Bertz CT molecular complexity index is 180. The zero-order chi connectivity index (χ0) is 11.4. The first-order chi connectivity index (χ1) is 7.06. The summed E-state index contributed by atoms with van der Waals surface area (Å²) in [7, 11) is 4.31. The topological polar surface area (TPSA) is 32.5 Å². The molecule has 1 heterocycles. The van der Waals surface area contributed by atoms with Crippen LogP contribution in [0.3, 0.4) is 0 Å². The molecule has 0 radical (unpaired) electrons. The van der Waals surface area contributed by atoms with Crippen LogP contribution >= 0.6 is 0 Å². The summed E-state index contributed by atoms with van der Waals surface area (Å²) in [5, 5.41) is 0. The molecule has 90 valence electrons. The third-order valence-electron chi connectivity index (χ3n) is 3.44. The molecule has 0 saturated carbocycles. The van der Waals surface area contributed by atoms with Crippen LogP contribution in [0.1, 0.15) is 26.7 Å². The van der Waals surface area contributed by atoms with Gasteiger partial charge >= 0.3 is 0 Å². The standard InChI is InChI=1S/C12H27N3/c1-10(2)12(8-13)15-7-5-6-11(15)9-14(3)4/h10-12H,5-9,13H2,1-4H3. The smallest absolute Gasteiger partial charge is 0.0244 e. The Balaban J connectivity index is 2.57. The van der Waals surface area contributed by atoms with Crippen molar-refractivity contribution in [2.24, 2.45) is 11.7 Å². The van der Waals surface area contributed by atoms with Crippen molar-refractivity contribution < 1.29 is 0 Å². The van der Waals surface area contributed by atoms with Crippen LogP contribution < -0.4 is 5.73 Å². The van der Waals surface area contributed by atoms with Gasteiger partial charge in [-0.05, 0) is 39.4 Å². The maximum Gasteiger partial charge on any atom is 0.0244 e. The van der Waals surface area contributed by atoms with E-state index in [1.54, 1.807) is 0 Å². The molecule has 0 aromatic heterocycles. The molecule has 1 aliphatic rings. The van der Waals surface area contributed by atoms with E-state index in [4.69, 9.17) is 5.73 Å². The predicted octanol–water partition coefficient (Wildman–Crippen LogP) is 0.996. The molecule has 2 atom stereocenters. The Morgan fingerprint density at radius 3 is 2.53 bits per heavy atom. The largest absolute Gasteiger partial charge is 0.329 e. The Morgan fingerprint density at radius 2 is 2.07 bits per heavy atom. The number of nitrogens with two attached hydrogens (primary N) is 1. The zero-order valence-corrected chi connectivity index (χ0v) is 10.7. The molecular formula is C12H27N3. The van der Waals surface area contributed by atoms with Gasteiger partial charge < -0.3 is 10.6 Å². The Labute approximate surface area is 94.6 Å². The molecule has 1 fully saturated rings. The fourth-order valence-corrected chi connectivity index (χ4v) is 2.70. The first-order valence-electron chi connectivity index (χ1n) is 6.16. The van der Waals surface area contributed by atoms with Crippen LogP contribution in [0.5, 0.6) is 0 Å². The second-order valence-corrected chi connectivity index (χ2v) is 5.34. The van der Waals surface area contributed by atoms with Crippen molar-refractivity contribution >= 4 is 0 Å². The molecule has 0 bridgehead atoms. The normalized spacial score (nSPS) is 25.4. The van der Waals surface area contributed by atoms with Crippen LogP contribution in [0, 0.1) is 5.92 Å². The van der Waals surface area contributed by atoms with E-state index < -0.39 is 0 Å². The maximum atomic E-state index is 5.89. The summed E-state index contributed by atoms with van der Waals surface area (Å²) in [5.74, 6) is 0.665. The van der Waals surface area contributed by atoms with Gasteiger partial charge in [0.25, 0.3) is 0 Å². The van der Waals surface area contributed by atoms with E-state index in [2.05, 4.69) is 37.7 Å². The number of likely N-dealkylation sites (N-methyl/N-ethyl adjacent to an activating group) is 1. The molecule has 1 rings (SSSR count). The zero-order valence-electron chi connectivity index (χ0n) is 10.7. The Hall–Kier alpha value is -0.120.